The summed E-state index contributed by atoms with van der Waals surface area (Å²) in [5, 5.41) is 0. The van der Waals surface area contributed by atoms with Crippen LogP contribution in [0.2, 0.25) is 0 Å². The molecule has 5 atom stereocenters. The van der Waals surface area contributed by atoms with Gasteiger partial charge in [-0.2, -0.15) is 0 Å². The maximum absolute atomic E-state index is 12.1. The quantitative estimate of drug-likeness (QED) is 0.702. The van der Waals surface area contributed by atoms with Gasteiger partial charge in [-0.1, -0.05) is 0 Å². The second-order valence-corrected chi connectivity index (χ2v) is 5.34. The number of amides is 1. The monoisotopic (exact) mass is 269 g/mol. The van der Waals surface area contributed by atoms with Gasteiger partial charge < -0.3 is 14.2 Å². The number of fused-ring (bicyclic) bond motifs is 2. The fraction of sp³-hybridized carbons (Fsp3) is 0.846. The average Bonchev–Trinajstić information content (AvgIpc) is 2.66. The Morgan fingerprint density at radius 2 is 2.05 bits per heavy atom. The van der Waals surface area contributed by atoms with E-state index in [1.54, 1.807) is 11.8 Å². The van der Waals surface area contributed by atoms with Crippen LogP contribution in [-0.2, 0) is 19.0 Å². The third kappa shape index (κ3) is 1.98. The number of nitrogens with zero attached hydrogens (tertiary/aromatic N) is 1. The Hall–Kier alpha value is -1.30. The molecule has 6 heteroatoms. The summed E-state index contributed by atoms with van der Waals surface area (Å²) in [6.45, 7) is 3.53. The molecule has 6 nitrogen and oxygen atoms in total. The van der Waals surface area contributed by atoms with Gasteiger partial charge in [0, 0.05) is 13.3 Å². The first-order chi connectivity index (χ1) is 9.11. The van der Waals surface area contributed by atoms with Crippen molar-refractivity contribution < 1.29 is 23.8 Å². The van der Waals surface area contributed by atoms with E-state index in [4.69, 9.17) is 14.2 Å². The molecule has 19 heavy (non-hydrogen) atoms. The highest BCUT2D eigenvalue weighted by atomic mass is 16.6. The lowest BCUT2D eigenvalue weighted by Crippen LogP contribution is -2.62. The van der Waals surface area contributed by atoms with E-state index in [0.717, 1.165) is 19.3 Å². The summed E-state index contributed by atoms with van der Waals surface area (Å²) < 4.78 is 16.4. The minimum atomic E-state index is -0.356. The van der Waals surface area contributed by atoms with Gasteiger partial charge in [0.2, 0.25) is 0 Å². The van der Waals surface area contributed by atoms with E-state index in [2.05, 4.69) is 0 Å². The molecule has 0 radical (unpaired) electrons. The van der Waals surface area contributed by atoms with Gasteiger partial charge in [-0.15, -0.1) is 0 Å². The summed E-state index contributed by atoms with van der Waals surface area (Å²) in [4.78, 5) is 25.1. The zero-order chi connectivity index (χ0) is 13.6. The van der Waals surface area contributed by atoms with Gasteiger partial charge >= 0.3 is 12.1 Å². The van der Waals surface area contributed by atoms with Crippen molar-refractivity contribution in [2.45, 2.75) is 63.5 Å². The molecule has 3 fully saturated rings. The van der Waals surface area contributed by atoms with Crippen LogP contribution in [0.4, 0.5) is 4.79 Å². The normalized spacial score (nSPS) is 39.3. The first-order valence-electron chi connectivity index (χ1n) is 6.89. The fourth-order valence-corrected chi connectivity index (χ4v) is 3.63. The van der Waals surface area contributed by atoms with Crippen LogP contribution in [0, 0.1) is 0 Å². The summed E-state index contributed by atoms with van der Waals surface area (Å²) in [6, 6.07) is -0.0277. The average molecular weight is 269 g/mol. The molecule has 3 bridgehead atoms. The largest absolute Gasteiger partial charge is 0.458 e. The van der Waals surface area contributed by atoms with E-state index in [1.165, 1.54) is 6.92 Å². The molecule has 3 heterocycles. The second-order valence-electron chi connectivity index (χ2n) is 5.34. The van der Waals surface area contributed by atoms with Crippen LogP contribution < -0.4 is 0 Å². The van der Waals surface area contributed by atoms with Gasteiger partial charge in [0.1, 0.15) is 6.10 Å². The number of rotatable bonds is 2. The molecule has 0 aromatic heterocycles. The molecule has 3 rings (SSSR count). The van der Waals surface area contributed by atoms with Gasteiger partial charge in [0.05, 0.1) is 30.9 Å². The van der Waals surface area contributed by atoms with Gasteiger partial charge in [-0.05, 0) is 19.8 Å². The zero-order valence-electron chi connectivity index (χ0n) is 11.2. The first kappa shape index (κ1) is 12.7. The third-order valence-corrected chi connectivity index (χ3v) is 4.24. The van der Waals surface area contributed by atoms with Crippen molar-refractivity contribution in [3.8, 4) is 0 Å². The van der Waals surface area contributed by atoms with Crippen LogP contribution in [0.1, 0.15) is 33.1 Å². The molecule has 0 N–H and O–H groups in total. The van der Waals surface area contributed by atoms with Crippen LogP contribution in [0.5, 0.6) is 0 Å². The molecule has 0 aliphatic carbocycles. The number of carbonyl (C=O) groups is 2. The van der Waals surface area contributed by atoms with Crippen molar-refractivity contribution >= 4 is 12.1 Å². The molecule has 106 valence electrons. The number of ether oxygens (including phenoxy) is 3. The number of hydrogen-bond donors (Lipinski definition) is 0. The highest BCUT2D eigenvalue weighted by Crippen LogP contribution is 2.44. The number of carbonyl (C=O) groups excluding carboxylic acids is 2. The molecule has 0 unspecified atom stereocenters. The van der Waals surface area contributed by atoms with Crippen LogP contribution in [0.15, 0.2) is 0 Å². The minimum absolute atomic E-state index is 0.0613. The van der Waals surface area contributed by atoms with Crippen molar-refractivity contribution in [2.75, 3.05) is 6.61 Å². The standard InChI is InChI=1S/C13H19NO5/c1-3-17-13(16)14-8-4-5-10-9(14)6-11(19-10)12(8)18-7(2)15/h8-12H,3-6H2,1-2H3/t8-,9-,10-,11-,12+/m0/s1. The third-order valence-electron chi connectivity index (χ3n) is 4.24. The highest BCUT2D eigenvalue weighted by molar-refractivity contribution is 5.70. The lowest BCUT2D eigenvalue weighted by molar-refractivity contribution is -0.158. The molecule has 0 aromatic carbocycles. The predicted molar refractivity (Wildman–Crippen MR) is 64.5 cm³/mol. The van der Waals surface area contributed by atoms with E-state index in [0.29, 0.717) is 6.61 Å². The fourth-order valence-electron chi connectivity index (χ4n) is 3.63. The Kier molecular flexibility index (Phi) is 3.12. The molecule has 1 amide bonds. The highest BCUT2D eigenvalue weighted by Gasteiger charge is 2.58. The van der Waals surface area contributed by atoms with Crippen molar-refractivity contribution in [1.82, 2.24) is 4.90 Å². The molecule has 0 aromatic rings. The molecular weight excluding hydrogens is 250 g/mol. The van der Waals surface area contributed by atoms with E-state index in [1.807, 2.05) is 0 Å². The summed E-state index contributed by atoms with van der Waals surface area (Å²) in [5.41, 5.74) is 0. The van der Waals surface area contributed by atoms with Crippen LogP contribution in [-0.4, -0.2) is 54.0 Å². The number of hydrogen-bond acceptors (Lipinski definition) is 5. The van der Waals surface area contributed by atoms with E-state index >= 15 is 0 Å². The number of piperidine rings is 2. The van der Waals surface area contributed by atoms with Gasteiger partial charge in [-0.3, -0.25) is 9.69 Å². The molecular formula is C13H19NO5. The smallest absolute Gasteiger partial charge is 0.410 e. The van der Waals surface area contributed by atoms with Gasteiger partial charge in [0.25, 0.3) is 0 Å². The van der Waals surface area contributed by atoms with E-state index in [-0.39, 0.29) is 42.5 Å². The minimum Gasteiger partial charge on any atom is -0.458 e. The molecule has 0 saturated carbocycles. The molecule has 3 saturated heterocycles. The second kappa shape index (κ2) is 4.67. The van der Waals surface area contributed by atoms with E-state index < -0.39 is 0 Å². The van der Waals surface area contributed by atoms with Gasteiger partial charge in [-0.25, -0.2) is 4.79 Å². The molecule has 0 spiro atoms. The summed E-state index contributed by atoms with van der Waals surface area (Å²) in [7, 11) is 0. The van der Waals surface area contributed by atoms with Crippen LogP contribution >= 0.6 is 0 Å². The van der Waals surface area contributed by atoms with Crippen LogP contribution in [0.25, 0.3) is 0 Å². The Morgan fingerprint density at radius 3 is 2.74 bits per heavy atom. The SMILES string of the molecule is CCOC(=O)N1[C@H]2CC[C@@H]3O[C@@H](C[C@@H]31)[C@@H]2OC(C)=O. The van der Waals surface area contributed by atoms with E-state index in [9.17, 15) is 9.59 Å². The van der Waals surface area contributed by atoms with Crippen molar-refractivity contribution in [3.63, 3.8) is 0 Å². The van der Waals surface area contributed by atoms with Crippen molar-refractivity contribution in [2.24, 2.45) is 0 Å². The Bertz CT molecular complexity index is 398. The first-order valence-corrected chi connectivity index (χ1v) is 6.89. The zero-order valence-corrected chi connectivity index (χ0v) is 11.2. The van der Waals surface area contributed by atoms with Crippen molar-refractivity contribution in [1.29, 1.82) is 0 Å². The molecule has 3 aliphatic rings. The van der Waals surface area contributed by atoms with Crippen molar-refractivity contribution in [3.05, 3.63) is 0 Å². The van der Waals surface area contributed by atoms with Crippen LogP contribution in [0.3, 0.4) is 0 Å². The maximum Gasteiger partial charge on any atom is 0.410 e. The summed E-state index contributed by atoms with van der Waals surface area (Å²) in [6.07, 6.45) is 1.77. The Balaban J connectivity index is 1.85. The lowest BCUT2D eigenvalue weighted by atomic mass is 9.83. The predicted octanol–water partition coefficient (Wildman–Crippen LogP) is 1.08. The molecule has 3 aliphatic heterocycles. The lowest BCUT2D eigenvalue weighted by Gasteiger charge is -2.46. The Labute approximate surface area is 112 Å². The Morgan fingerprint density at radius 1 is 1.26 bits per heavy atom. The van der Waals surface area contributed by atoms with Gasteiger partial charge in [0.15, 0.2) is 0 Å². The summed E-state index contributed by atoms with van der Waals surface area (Å²) in [5.74, 6) is -0.328. The number of esters is 1. The maximum atomic E-state index is 12.1. The summed E-state index contributed by atoms with van der Waals surface area (Å²) >= 11 is 0. The topological polar surface area (TPSA) is 65.1 Å².